The van der Waals surface area contributed by atoms with Gasteiger partial charge in [-0.1, -0.05) is 6.92 Å². The van der Waals surface area contributed by atoms with Gasteiger partial charge in [0, 0.05) is 6.54 Å². The largest absolute Gasteiger partial charge is 0.439 e. The van der Waals surface area contributed by atoms with Crippen LogP contribution in [0.5, 0.6) is 0 Å². The van der Waals surface area contributed by atoms with Crippen molar-refractivity contribution in [2.75, 3.05) is 19.8 Å². The van der Waals surface area contributed by atoms with Crippen LogP contribution in [0.4, 0.5) is 0 Å². The van der Waals surface area contributed by atoms with E-state index in [1.165, 1.54) is 12.5 Å². The number of carbonyl (C=O) groups is 1. The van der Waals surface area contributed by atoms with E-state index in [0.717, 1.165) is 0 Å². The van der Waals surface area contributed by atoms with Gasteiger partial charge in [0.2, 0.25) is 0 Å². The lowest BCUT2D eigenvalue weighted by Crippen LogP contribution is -2.57. The van der Waals surface area contributed by atoms with E-state index in [2.05, 4.69) is 15.2 Å². The maximum absolute atomic E-state index is 11.8. The van der Waals surface area contributed by atoms with Crippen LogP contribution >= 0.6 is 0 Å². The first kappa shape index (κ1) is 12.8. The van der Waals surface area contributed by atoms with Crippen molar-refractivity contribution in [1.29, 1.82) is 0 Å². The predicted molar refractivity (Wildman–Crippen MR) is 60.2 cm³/mol. The van der Waals surface area contributed by atoms with Crippen LogP contribution < -0.4 is 5.73 Å². The van der Waals surface area contributed by atoms with Gasteiger partial charge in [0.15, 0.2) is 11.9 Å². The van der Waals surface area contributed by atoms with Crippen LogP contribution in [-0.2, 0) is 9.47 Å². The van der Waals surface area contributed by atoms with Crippen LogP contribution in [0.1, 0.15) is 17.4 Å². The van der Waals surface area contributed by atoms with Gasteiger partial charge in [0.25, 0.3) is 0 Å². The van der Waals surface area contributed by atoms with Gasteiger partial charge in [-0.05, 0) is 0 Å². The molecule has 1 fully saturated rings. The molecule has 1 aromatic heterocycles. The summed E-state index contributed by atoms with van der Waals surface area (Å²) in [6.45, 7) is 3.33. The van der Waals surface area contributed by atoms with Crippen molar-refractivity contribution in [2.45, 2.75) is 19.3 Å². The smallest absolute Gasteiger partial charge is 0.362 e. The molecular weight excluding hydrogens is 238 g/mol. The lowest BCUT2D eigenvalue weighted by Gasteiger charge is -2.38. The maximum atomic E-state index is 11.8. The molecule has 0 bridgehead atoms. The topological polar surface area (TPSA) is 103 Å². The molecule has 0 aliphatic carbocycles. The molecule has 2 rings (SSSR count). The number of nitrogens with zero attached hydrogens (tertiary/aromatic N) is 4. The molecule has 0 amide bonds. The summed E-state index contributed by atoms with van der Waals surface area (Å²) in [6.07, 6.45) is 1.76. The highest BCUT2D eigenvalue weighted by Gasteiger charge is 2.31. The number of nitrogens with two attached hydrogens (primary N) is 1. The second-order valence-electron chi connectivity index (χ2n) is 3.79. The Bertz CT molecular complexity index is 402. The molecule has 98 valence electrons. The van der Waals surface area contributed by atoms with Crippen LogP contribution in [0.3, 0.4) is 0 Å². The third-order valence-electron chi connectivity index (χ3n) is 2.64. The third kappa shape index (κ3) is 2.78. The van der Waals surface area contributed by atoms with Crippen molar-refractivity contribution in [3.63, 3.8) is 0 Å². The molecule has 1 aliphatic rings. The number of morpholine rings is 1. The summed E-state index contributed by atoms with van der Waals surface area (Å²) in [5.41, 5.74) is 5.93. The van der Waals surface area contributed by atoms with Crippen molar-refractivity contribution in [2.24, 2.45) is 5.73 Å². The van der Waals surface area contributed by atoms with Crippen molar-refractivity contribution in [3.05, 3.63) is 18.2 Å². The van der Waals surface area contributed by atoms with Crippen LogP contribution in [0.2, 0.25) is 0 Å². The second-order valence-corrected chi connectivity index (χ2v) is 3.79. The fraction of sp³-hybridized carbons (Fsp3) is 0.600. The van der Waals surface area contributed by atoms with E-state index in [4.69, 9.17) is 15.2 Å². The molecule has 8 heteroatoms. The Morgan fingerprint density at radius 3 is 3.17 bits per heavy atom. The highest BCUT2D eigenvalue weighted by molar-refractivity contribution is 5.86. The zero-order valence-corrected chi connectivity index (χ0v) is 10.0. The van der Waals surface area contributed by atoms with Gasteiger partial charge in [-0.3, -0.25) is 0 Å². The Hall–Kier alpha value is -1.64. The first-order valence-corrected chi connectivity index (χ1v) is 5.65. The molecule has 1 aliphatic heterocycles. The van der Waals surface area contributed by atoms with Gasteiger partial charge >= 0.3 is 5.97 Å². The summed E-state index contributed by atoms with van der Waals surface area (Å²) in [5, 5.41) is 7.16. The zero-order chi connectivity index (χ0) is 13.0. The number of carbonyl (C=O) groups excluding carboxylic acids is 1. The molecule has 2 heterocycles. The molecule has 2 N–H and O–H groups in total. The molecule has 0 saturated carbocycles. The summed E-state index contributed by atoms with van der Waals surface area (Å²) in [4.78, 5) is 17.4. The molecule has 2 atom stereocenters. The first-order chi connectivity index (χ1) is 8.72. The van der Waals surface area contributed by atoms with Gasteiger partial charge in [-0.15, -0.1) is 10.2 Å². The molecule has 1 aromatic rings. The molecule has 0 spiro atoms. The number of rotatable bonds is 3. The lowest BCUT2D eigenvalue weighted by molar-refractivity contribution is -0.137. The Kier molecular flexibility index (Phi) is 4.13. The number of hydrogen-bond donors (Lipinski definition) is 1. The van der Waals surface area contributed by atoms with Gasteiger partial charge in [-0.25, -0.2) is 14.7 Å². The average Bonchev–Trinajstić information content (AvgIpc) is 2.40. The molecule has 0 radical (unpaired) electrons. The van der Waals surface area contributed by atoms with E-state index in [1.54, 1.807) is 0 Å². The van der Waals surface area contributed by atoms with E-state index in [0.29, 0.717) is 19.8 Å². The minimum absolute atomic E-state index is 0.0627. The standard InChI is InChI=1S/C10H15N5O3/c1-2-15-8(11)4-17-5-9(15)18-10(16)7-3-12-6-13-14-7/h3,6,8-9H,2,4-5,11H2,1H3. The van der Waals surface area contributed by atoms with Crippen LogP contribution in [0.15, 0.2) is 12.5 Å². The molecule has 8 nitrogen and oxygen atoms in total. The fourth-order valence-corrected chi connectivity index (χ4v) is 1.76. The monoisotopic (exact) mass is 253 g/mol. The summed E-state index contributed by atoms with van der Waals surface area (Å²) in [5.74, 6) is -0.586. The van der Waals surface area contributed by atoms with Crippen molar-refractivity contribution in [1.82, 2.24) is 20.1 Å². The van der Waals surface area contributed by atoms with Crippen molar-refractivity contribution in [3.8, 4) is 0 Å². The maximum Gasteiger partial charge on any atom is 0.362 e. The highest BCUT2D eigenvalue weighted by atomic mass is 16.6. The van der Waals surface area contributed by atoms with E-state index in [-0.39, 0.29) is 11.9 Å². The van der Waals surface area contributed by atoms with Crippen molar-refractivity contribution >= 4 is 5.97 Å². The average molecular weight is 253 g/mol. The number of likely N-dealkylation sites (N-methyl/N-ethyl adjacent to an activating group) is 1. The minimum Gasteiger partial charge on any atom is -0.439 e. The molecular formula is C10H15N5O3. The fourth-order valence-electron chi connectivity index (χ4n) is 1.76. The Morgan fingerprint density at radius 1 is 1.67 bits per heavy atom. The third-order valence-corrected chi connectivity index (χ3v) is 2.64. The summed E-state index contributed by atoms with van der Waals surface area (Å²) in [7, 11) is 0. The van der Waals surface area contributed by atoms with Gasteiger partial charge < -0.3 is 15.2 Å². The quantitative estimate of drug-likeness (QED) is 0.683. The van der Waals surface area contributed by atoms with Gasteiger partial charge in [0.1, 0.15) is 6.33 Å². The minimum atomic E-state index is -0.586. The molecule has 18 heavy (non-hydrogen) atoms. The lowest BCUT2D eigenvalue weighted by atomic mass is 10.3. The SMILES string of the molecule is CCN1C(N)COCC1OC(=O)c1cncnn1. The number of ether oxygens (including phenoxy) is 2. The Morgan fingerprint density at radius 2 is 2.50 bits per heavy atom. The molecule has 0 aromatic carbocycles. The first-order valence-electron chi connectivity index (χ1n) is 5.65. The van der Waals surface area contributed by atoms with E-state index in [1.807, 2.05) is 11.8 Å². The normalized spacial score (nSPS) is 24.8. The van der Waals surface area contributed by atoms with Gasteiger partial charge in [-0.2, -0.15) is 0 Å². The van der Waals surface area contributed by atoms with Gasteiger partial charge in [0.05, 0.1) is 25.6 Å². The Balaban J connectivity index is 2.02. The van der Waals surface area contributed by atoms with Crippen LogP contribution in [0.25, 0.3) is 0 Å². The highest BCUT2D eigenvalue weighted by Crippen LogP contribution is 2.12. The van der Waals surface area contributed by atoms with Crippen LogP contribution in [0, 0.1) is 0 Å². The van der Waals surface area contributed by atoms with E-state index in [9.17, 15) is 4.79 Å². The summed E-state index contributed by atoms with van der Waals surface area (Å²) >= 11 is 0. The van der Waals surface area contributed by atoms with Crippen LogP contribution in [-0.4, -0.2) is 58.2 Å². The number of esters is 1. The number of aromatic nitrogens is 3. The zero-order valence-electron chi connectivity index (χ0n) is 10.0. The summed E-state index contributed by atoms with van der Waals surface area (Å²) < 4.78 is 10.6. The van der Waals surface area contributed by atoms with E-state index < -0.39 is 12.2 Å². The Labute approximate surface area is 104 Å². The predicted octanol–water partition coefficient (Wildman–Crippen LogP) is -1.01. The van der Waals surface area contributed by atoms with Crippen molar-refractivity contribution < 1.29 is 14.3 Å². The molecule has 1 saturated heterocycles. The second kappa shape index (κ2) is 5.80. The van der Waals surface area contributed by atoms with E-state index >= 15 is 0 Å². The summed E-state index contributed by atoms with van der Waals surface area (Å²) in [6, 6.07) is 0. The molecule has 2 unspecified atom stereocenters. The number of hydrogen-bond acceptors (Lipinski definition) is 8.